The Morgan fingerprint density at radius 2 is 2.07 bits per heavy atom. The van der Waals surface area contributed by atoms with Crippen LogP contribution >= 0.6 is 0 Å². The summed E-state index contributed by atoms with van der Waals surface area (Å²) < 4.78 is 0. The van der Waals surface area contributed by atoms with Gasteiger partial charge in [-0.05, 0) is 6.07 Å². The number of rotatable bonds is 4. The van der Waals surface area contributed by atoms with Gasteiger partial charge in [-0.1, -0.05) is 18.2 Å². The molecule has 0 aliphatic heterocycles. The maximum absolute atomic E-state index is 9.55. The van der Waals surface area contributed by atoms with Crippen LogP contribution in [0.2, 0.25) is 0 Å². The molecule has 0 aromatic heterocycles. The Morgan fingerprint density at radius 3 is 2.57 bits per heavy atom. The number of benzene rings is 1. The molecule has 4 N–H and O–H groups in total. The van der Waals surface area contributed by atoms with Gasteiger partial charge in [0.15, 0.2) is 0 Å². The SMILES string of the molecule is CN(N)CC(CO)c1ccccc1O. The van der Waals surface area contributed by atoms with Crippen LogP contribution in [0.3, 0.4) is 0 Å². The van der Waals surface area contributed by atoms with Crippen molar-refractivity contribution in [3.8, 4) is 5.75 Å². The quantitative estimate of drug-likeness (QED) is 0.477. The Morgan fingerprint density at radius 1 is 1.43 bits per heavy atom. The smallest absolute Gasteiger partial charge is 0.119 e. The van der Waals surface area contributed by atoms with Gasteiger partial charge in [-0.15, -0.1) is 0 Å². The van der Waals surface area contributed by atoms with Crippen molar-refractivity contribution in [2.45, 2.75) is 5.92 Å². The van der Waals surface area contributed by atoms with Crippen LogP contribution in [0.15, 0.2) is 24.3 Å². The lowest BCUT2D eigenvalue weighted by Crippen LogP contribution is -2.32. The molecule has 0 aliphatic rings. The average Bonchev–Trinajstić information content (AvgIpc) is 2.15. The lowest BCUT2D eigenvalue weighted by molar-refractivity contribution is 0.220. The molecule has 0 amide bonds. The van der Waals surface area contributed by atoms with Crippen molar-refractivity contribution >= 4 is 0 Å². The third-order valence-electron chi connectivity index (χ3n) is 2.11. The highest BCUT2D eigenvalue weighted by atomic mass is 16.3. The van der Waals surface area contributed by atoms with E-state index in [2.05, 4.69) is 0 Å². The topological polar surface area (TPSA) is 69.7 Å². The summed E-state index contributed by atoms with van der Waals surface area (Å²) in [6, 6.07) is 6.97. The largest absolute Gasteiger partial charge is 0.508 e. The Hall–Kier alpha value is -1.10. The van der Waals surface area contributed by atoms with E-state index in [1.165, 1.54) is 5.01 Å². The standard InChI is InChI=1S/C10H16N2O2/c1-12(11)6-8(7-13)9-4-2-3-5-10(9)14/h2-5,8,13-14H,6-7,11H2,1H3. The molecule has 1 aromatic carbocycles. The molecule has 0 radical (unpaired) electrons. The number of phenols is 1. The molecule has 0 spiro atoms. The Bertz CT molecular complexity index is 289. The first-order valence-corrected chi connectivity index (χ1v) is 4.49. The molecular formula is C10H16N2O2. The van der Waals surface area contributed by atoms with Gasteiger partial charge in [0.1, 0.15) is 5.75 Å². The highest BCUT2D eigenvalue weighted by Crippen LogP contribution is 2.25. The highest BCUT2D eigenvalue weighted by molar-refractivity contribution is 5.35. The minimum Gasteiger partial charge on any atom is -0.508 e. The Labute approximate surface area is 83.5 Å². The van der Waals surface area contributed by atoms with Gasteiger partial charge in [0.25, 0.3) is 0 Å². The molecule has 0 fully saturated rings. The maximum atomic E-state index is 9.55. The van der Waals surface area contributed by atoms with Gasteiger partial charge < -0.3 is 10.2 Å². The molecule has 1 rings (SSSR count). The number of likely N-dealkylation sites (N-methyl/N-ethyl adjacent to an activating group) is 1. The highest BCUT2D eigenvalue weighted by Gasteiger charge is 2.14. The van der Waals surface area contributed by atoms with Crippen LogP contribution < -0.4 is 5.84 Å². The van der Waals surface area contributed by atoms with Crippen LogP contribution in [0, 0.1) is 0 Å². The number of aliphatic hydroxyl groups excluding tert-OH is 1. The lowest BCUT2D eigenvalue weighted by Gasteiger charge is -2.19. The summed E-state index contributed by atoms with van der Waals surface area (Å²) in [5.74, 6) is 5.55. The minimum absolute atomic E-state index is 0.0287. The average molecular weight is 196 g/mol. The van der Waals surface area contributed by atoms with Gasteiger partial charge in [-0.2, -0.15) is 0 Å². The van der Waals surface area contributed by atoms with Crippen molar-refractivity contribution in [1.29, 1.82) is 0 Å². The predicted molar refractivity (Wildman–Crippen MR) is 54.8 cm³/mol. The van der Waals surface area contributed by atoms with Gasteiger partial charge in [-0.25, -0.2) is 5.01 Å². The van der Waals surface area contributed by atoms with Crippen molar-refractivity contribution in [1.82, 2.24) is 5.01 Å². The van der Waals surface area contributed by atoms with E-state index < -0.39 is 0 Å². The van der Waals surface area contributed by atoms with E-state index in [1.54, 1.807) is 25.2 Å². The predicted octanol–water partition coefficient (Wildman–Crippen LogP) is 0.274. The summed E-state index contributed by atoms with van der Waals surface area (Å²) in [7, 11) is 1.72. The zero-order chi connectivity index (χ0) is 10.6. The van der Waals surface area contributed by atoms with Crippen LogP contribution in [0.25, 0.3) is 0 Å². The monoisotopic (exact) mass is 196 g/mol. The van der Waals surface area contributed by atoms with E-state index in [-0.39, 0.29) is 18.3 Å². The van der Waals surface area contributed by atoms with Gasteiger partial charge >= 0.3 is 0 Å². The fraction of sp³-hybridized carbons (Fsp3) is 0.400. The molecule has 0 heterocycles. The van der Waals surface area contributed by atoms with E-state index >= 15 is 0 Å². The molecular weight excluding hydrogens is 180 g/mol. The fourth-order valence-electron chi connectivity index (χ4n) is 1.43. The van der Waals surface area contributed by atoms with Crippen LogP contribution in [-0.2, 0) is 0 Å². The number of aromatic hydroxyl groups is 1. The number of hydrogen-bond donors (Lipinski definition) is 3. The summed E-state index contributed by atoms with van der Waals surface area (Å²) in [6.45, 7) is 0.479. The summed E-state index contributed by atoms with van der Waals surface area (Å²) in [5, 5.41) is 20.2. The molecule has 78 valence electrons. The zero-order valence-electron chi connectivity index (χ0n) is 8.22. The summed E-state index contributed by atoms with van der Waals surface area (Å²) in [6.07, 6.45) is 0. The number of nitrogens with zero attached hydrogens (tertiary/aromatic N) is 1. The van der Waals surface area contributed by atoms with E-state index in [0.29, 0.717) is 6.54 Å². The Balaban J connectivity index is 2.83. The van der Waals surface area contributed by atoms with Gasteiger partial charge in [0.2, 0.25) is 0 Å². The molecule has 4 heteroatoms. The van der Waals surface area contributed by atoms with Crippen molar-refractivity contribution < 1.29 is 10.2 Å². The molecule has 1 unspecified atom stereocenters. The maximum Gasteiger partial charge on any atom is 0.119 e. The van der Waals surface area contributed by atoms with Crippen molar-refractivity contribution in [2.24, 2.45) is 5.84 Å². The van der Waals surface area contributed by atoms with Gasteiger partial charge in [-0.3, -0.25) is 5.84 Å². The summed E-state index contributed by atoms with van der Waals surface area (Å²) in [5.41, 5.74) is 0.729. The summed E-state index contributed by atoms with van der Waals surface area (Å²) >= 11 is 0. The van der Waals surface area contributed by atoms with E-state index in [1.807, 2.05) is 6.07 Å². The summed E-state index contributed by atoms with van der Waals surface area (Å²) in [4.78, 5) is 0. The van der Waals surface area contributed by atoms with E-state index in [0.717, 1.165) is 5.56 Å². The van der Waals surface area contributed by atoms with Crippen molar-refractivity contribution in [3.05, 3.63) is 29.8 Å². The van der Waals surface area contributed by atoms with Crippen molar-refractivity contribution in [2.75, 3.05) is 20.2 Å². The zero-order valence-corrected chi connectivity index (χ0v) is 8.22. The third-order valence-corrected chi connectivity index (χ3v) is 2.11. The number of phenolic OH excluding ortho intramolecular Hbond substituents is 1. The first-order valence-electron chi connectivity index (χ1n) is 4.49. The lowest BCUT2D eigenvalue weighted by atomic mass is 9.99. The van der Waals surface area contributed by atoms with Crippen LogP contribution in [-0.4, -0.2) is 35.4 Å². The van der Waals surface area contributed by atoms with Crippen LogP contribution in [0.4, 0.5) is 0 Å². The second kappa shape index (κ2) is 4.95. The van der Waals surface area contributed by atoms with E-state index in [4.69, 9.17) is 10.9 Å². The van der Waals surface area contributed by atoms with E-state index in [9.17, 15) is 5.11 Å². The first-order chi connectivity index (χ1) is 6.65. The normalized spacial score (nSPS) is 13.1. The number of nitrogens with two attached hydrogens (primary N) is 1. The fourth-order valence-corrected chi connectivity index (χ4v) is 1.43. The molecule has 0 bridgehead atoms. The molecule has 14 heavy (non-hydrogen) atoms. The molecule has 4 nitrogen and oxygen atoms in total. The molecule has 0 saturated heterocycles. The molecule has 0 saturated carbocycles. The molecule has 1 atom stereocenters. The van der Waals surface area contributed by atoms with Crippen LogP contribution in [0.1, 0.15) is 11.5 Å². The third kappa shape index (κ3) is 2.70. The second-order valence-corrected chi connectivity index (χ2v) is 3.38. The van der Waals surface area contributed by atoms with Gasteiger partial charge in [0, 0.05) is 25.1 Å². The number of aliphatic hydroxyl groups is 1. The number of hydrogen-bond acceptors (Lipinski definition) is 4. The Kier molecular flexibility index (Phi) is 3.88. The van der Waals surface area contributed by atoms with Crippen molar-refractivity contribution in [3.63, 3.8) is 0 Å². The molecule has 0 aliphatic carbocycles. The van der Waals surface area contributed by atoms with Crippen LogP contribution in [0.5, 0.6) is 5.75 Å². The first kappa shape index (κ1) is 11.0. The molecule has 1 aromatic rings. The second-order valence-electron chi connectivity index (χ2n) is 3.38. The number of hydrazine groups is 1. The number of para-hydroxylation sites is 1. The minimum atomic E-state index is -0.147. The van der Waals surface area contributed by atoms with Gasteiger partial charge in [0.05, 0.1) is 6.61 Å².